The second-order valence-electron chi connectivity index (χ2n) is 6.76. The quantitative estimate of drug-likeness (QED) is 0.723. The topological polar surface area (TPSA) is 28.5 Å². The maximum absolute atomic E-state index is 12.8. The van der Waals surface area contributed by atoms with Crippen LogP contribution in [0, 0.1) is 6.92 Å². The molecule has 0 unspecified atom stereocenters. The van der Waals surface area contributed by atoms with E-state index in [0.717, 1.165) is 37.4 Å². The Morgan fingerprint density at radius 3 is 2.15 bits per heavy atom. The Hall–Kier alpha value is -3.01. The summed E-state index contributed by atoms with van der Waals surface area (Å²) < 4.78 is 2.04. The number of benzene rings is 2. The number of hydrogen-bond acceptors (Lipinski definition) is 2. The highest BCUT2D eigenvalue weighted by Crippen LogP contribution is 2.19. The number of nitrogens with zero attached hydrogens (tertiary/aromatic N) is 3. The Morgan fingerprint density at radius 2 is 1.50 bits per heavy atom. The fraction of sp³-hybridized carbons (Fsp3) is 0.227. The molecule has 4 nitrogen and oxygen atoms in total. The van der Waals surface area contributed by atoms with Gasteiger partial charge in [-0.25, -0.2) is 0 Å². The predicted octanol–water partition coefficient (Wildman–Crippen LogP) is 3.75. The standard InChI is InChI=1S/C22H23N3O/c1-18-5-4-6-21(17-18)24-13-15-25(16-14-24)22(26)19-7-9-20(10-8-19)23-11-2-3-12-23/h2-12,17H,13-16H2,1H3. The van der Waals surface area contributed by atoms with Gasteiger partial charge in [-0.05, 0) is 61.0 Å². The van der Waals surface area contributed by atoms with Crippen LogP contribution >= 0.6 is 0 Å². The molecule has 4 heteroatoms. The molecule has 2 heterocycles. The monoisotopic (exact) mass is 345 g/mol. The van der Waals surface area contributed by atoms with Gasteiger partial charge >= 0.3 is 0 Å². The van der Waals surface area contributed by atoms with E-state index in [1.165, 1.54) is 11.3 Å². The van der Waals surface area contributed by atoms with E-state index in [-0.39, 0.29) is 5.91 Å². The first-order chi connectivity index (χ1) is 12.7. The summed E-state index contributed by atoms with van der Waals surface area (Å²) in [4.78, 5) is 17.1. The van der Waals surface area contributed by atoms with Gasteiger partial charge in [0.05, 0.1) is 0 Å². The number of amides is 1. The SMILES string of the molecule is Cc1cccc(N2CCN(C(=O)c3ccc(-n4cccc4)cc3)CC2)c1. The molecule has 0 aliphatic carbocycles. The average molecular weight is 345 g/mol. The molecular formula is C22H23N3O. The number of carbonyl (C=O) groups excluding carboxylic acids is 1. The lowest BCUT2D eigenvalue weighted by molar-refractivity contribution is 0.0747. The number of hydrogen-bond donors (Lipinski definition) is 0. The van der Waals surface area contributed by atoms with Crippen molar-refractivity contribution >= 4 is 11.6 Å². The van der Waals surface area contributed by atoms with Crippen LogP contribution in [0.3, 0.4) is 0 Å². The van der Waals surface area contributed by atoms with E-state index in [1.54, 1.807) is 0 Å². The predicted molar refractivity (Wildman–Crippen MR) is 105 cm³/mol. The van der Waals surface area contributed by atoms with Crippen LogP contribution in [0.25, 0.3) is 5.69 Å². The summed E-state index contributed by atoms with van der Waals surface area (Å²) in [6.07, 6.45) is 4.00. The Bertz CT molecular complexity index is 876. The van der Waals surface area contributed by atoms with Crippen LogP contribution < -0.4 is 4.90 Å². The second kappa shape index (κ2) is 7.08. The van der Waals surface area contributed by atoms with Gasteiger partial charge in [-0.2, -0.15) is 0 Å². The van der Waals surface area contributed by atoms with Crippen LogP contribution in [0.15, 0.2) is 73.1 Å². The lowest BCUT2D eigenvalue weighted by atomic mass is 10.1. The third-order valence-corrected chi connectivity index (χ3v) is 4.95. The minimum absolute atomic E-state index is 0.118. The van der Waals surface area contributed by atoms with Crippen LogP contribution in [0.4, 0.5) is 5.69 Å². The fourth-order valence-electron chi connectivity index (χ4n) is 3.46. The summed E-state index contributed by atoms with van der Waals surface area (Å²) in [5.74, 6) is 0.118. The molecule has 0 saturated carbocycles. The van der Waals surface area contributed by atoms with E-state index in [1.807, 2.05) is 58.3 Å². The van der Waals surface area contributed by atoms with Gasteiger partial charge in [-0.3, -0.25) is 4.79 Å². The van der Waals surface area contributed by atoms with Crippen molar-refractivity contribution in [3.05, 3.63) is 84.2 Å². The number of anilines is 1. The lowest BCUT2D eigenvalue weighted by Crippen LogP contribution is -2.48. The largest absolute Gasteiger partial charge is 0.368 e. The van der Waals surface area contributed by atoms with Crippen molar-refractivity contribution < 1.29 is 4.79 Å². The van der Waals surface area contributed by atoms with E-state index >= 15 is 0 Å². The minimum Gasteiger partial charge on any atom is -0.368 e. The maximum Gasteiger partial charge on any atom is 0.253 e. The zero-order chi connectivity index (χ0) is 17.9. The van der Waals surface area contributed by atoms with Crippen LogP contribution in [0.1, 0.15) is 15.9 Å². The first kappa shape index (κ1) is 16.5. The molecule has 3 aromatic rings. The smallest absolute Gasteiger partial charge is 0.253 e. The third kappa shape index (κ3) is 3.36. The third-order valence-electron chi connectivity index (χ3n) is 4.95. The van der Waals surface area contributed by atoms with Crippen molar-refractivity contribution in [2.24, 2.45) is 0 Å². The van der Waals surface area contributed by atoms with Crippen LogP contribution in [0.5, 0.6) is 0 Å². The van der Waals surface area contributed by atoms with Crippen molar-refractivity contribution in [1.82, 2.24) is 9.47 Å². The van der Waals surface area contributed by atoms with Gasteiger partial charge in [0.2, 0.25) is 0 Å². The van der Waals surface area contributed by atoms with Crippen LogP contribution in [-0.4, -0.2) is 41.6 Å². The van der Waals surface area contributed by atoms with Gasteiger partial charge in [0.15, 0.2) is 0 Å². The van der Waals surface area contributed by atoms with Gasteiger partial charge in [0, 0.05) is 55.5 Å². The molecule has 0 atom stereocenters. The Kier molecular flexibility index (Phi) is 4.48. The van der Waals surface area contributed by atoms with Crippen LogP contribution in [0.2, 0.25) is 0 Å². The van der Waals surface area contributed by atoms with Crippen molar-refractivity contribution in [1.29, 1.82) is 0 Å². The molecule has 4 rings (SSSR count). The zero-order valence-electron chi connectivity index (χ0n) is 15.0. The molecule has 1 aromatic heterocycles. The van der Waals surface area contributed by atoms with Crippen molar-refractivity contribution in [3.63, 3.8) is 0 Å². The highest BCUT2D eigenvalue weighted by molar-refractivity contribution is 5.94. The lowest BCUT2D eigenvalue weighted by Gasteiger charge is -2.36. The van der Waals surface area contributed by atoms with Crippen molar-refractivity contribution in [2.75, 3.05) is 31.1 Å². The van der Waals surface area contributed by atoms with E-state index < -0.39 is 0 Å². The molecule has 1 aliphatic heterocycles. The number of aromatic nitrogens is 1. The molecule has 0 spiro atoms. The summed E-state index contributed by atoms with van der Waals surface area (Å²) in [5.41, 5.74) is 4.33. The number of carbonyl (C=O) groups is 1. The van der Waals surface area contributed by atoms with Gasteiger partial charge < -0.3 is 14.4 Å². The maximum atomic E-state index is 12.8. The molecule has 1 amide bonds. The average Bonchev–Trinajstić information content (AvgIpc) is 3.23. The Labute approximate surface area is 154 Å². The highest BCUT2D eigenvalue weighted by Gasteiger charge is 2.22. The molecule has 0 N–H and O–H groups in total. The second-order valence-corrected chi connectivity index (χ2v) is 6.76. The molecular weight excluding hydrogens is 322 g/mol. The molecule has 1 saturated heterocycles. The van der Waals surface area contributed by atoms with Gasteiger partial charge in [-0.1, -0.05) is 12.1 Å². The minimum atomic E-state index is 0.118. The number of rotatable bonds is 3. The zero-order valence-corrected chi connectivity index (χ0v) is 15.0. The van der Waals surface area contributed by atoms with Crippen LogP contribution in [-0.2, 0) is 0 Å². The van der Waals surface area contributed by atoms with E-state index in [9.17, 15) is 4.79 Å². The first-order valence-corrected chi connectivity index (χ1v) is 9.05. The summed E-state index contributed by atoms with van der Waals surface area (Å²) in [6, 6.07) is 20.4. The van der Waals surface area contributed by atoms with E-state index in [4.69, 9.17) is 0 Å². The summed E-state index contributed by atoms with van der Waals surface area (Å²) in [7, 11) is 0. The fourth-order valence-corrected chi connectivity index (χ4v) is 3.46. The van der Waals surface area contributed by atoms with Crippen molar-refractivity contribution in [2.45, 2.75) is 6.92 Å². The van der Waals surface area contributed by atoms with Gasteiger partial charge in [0.1, 0.15) is 0 Å². The molecule has 2 aromatic carbocycles. The highest BCUT2D eigenvalue weighted by atomic mass is 16.2. The molecule has 1 fully saturated rings. The van der Waals surface area contributed by atoms with Gasteiger partial charge in [-0.15, -0.1) is 0 Å². The summed E-state index contributed by atoms with van der Waals surface area (Å²) in [5, 5.41) is 0. The van der Waals surface area contributed by atoms with Crippen molar-refractivity contribution in [3.8, 4) is 5.69 Å². The first-order valence-electron chi connectivity index (χ1n) is 9.05. The van der Waals surface area contributed by atoms with E-state index in [0.29, 0.717) is 0 Å². The number of aryl methyl sites for hydroxylation is 1. The molecule has 0 bridgehead atoms. The normalized spacial score (nSPS) is 14.5. The van der Waals surface area contributed by atoms with E-state index in [2.05, 4.69) is 36.1 Å². The molecule has 26 heavy (non-hydrogen) atoms. The molecule has 132 valence electrons. The summed E-state index contributed by atoms with van der Waals surface area (Å²) >= 11 is 0. The number of piperazine rings is 1. The Morgan fingerprint density at radius 1 is 0.808 bits per heavy atom. The summed E-state index contributed by atoms with van der Waals surface area (Å²) in [6.45, 7) is 5.37. The van der Waals surface area contributed by atoms with Gasteiger partial charge in [0.25, 0.3) is 5.91 Å². The molecule has 0 radical (unpaired) electrons. The Balaban J connectivity index is 1.40. The molecule has 1 aliphatic rings.